The van der Waals surface area contributed by atoms with E-state index in [1.54, 1.807) is 0 Å². The van der Waals surface area contributed by atoms with Crippen LogP contribution in [0.15, 0.2) is 24.3 Å². The Hall–Kier alpha value is -1.48. The number of carbonyl (C=O) groups is 1. The Morgan fingerprint density at radius 1 is 1.19 bits per heavy atom. The van der Waals surface area contributed by atoms with Gasteiger partial charge in [-0.25, -0.2) is 0 Å². The Balaban J connectivity index is 1.96. The van der Waals surface area contributed by atoms with E-state index in [-0.39, 0.29) is 18.4 Å². The van der Waals surface area contributed by atoms with Crippen molar-refractivity contribution < 1.29 is 13.2 Å². The van der Waals surface area contributed by atoms with Crippen molar-refractivity contribution in [2.75, 3.05) is 45.6 Å². The molecule has 0 aromatic heterocycles. The minimum absolute atomic E-state index is 0.120. The van der Waals surface area contributed by atoms with Gasteiger partial charge in [0, 0.05) is 39.4 Å². The maximum absolute atomic E-state index is 12.6. The molecule has 8 heteroatoms. The smallest absolute Gasteiger partial charge is 0.281 e. The summed E-state index contributed by atoms with van der Waals surface area (Å²) in [5, 5.41) is 2.93. The summed E-state index contributed by atoms with van der Waals surface area (Å²) in [5.41, 5.74) is 1.95. The van der Waals surface area contributed by atoms with E-state index in [1.165, 1.54) is 28.3 Å². The lowest BCUT2D eigenvalue weighted by Crippen LogP contribution is -2.47. The van der Waals surface area contributed by atoms with Gasteiger partial charge in [0.25, 0.3) is 10.2 Å². The van der Waals surface area contributed by atoms with Gasteiger partial charge in [-0.2, -0.15) is 17.0 Å². The zero-order valence-corrected chi connectivity index (χ0v) is 17.6. The van der Waals surface area contributed by atoms with Crippen molar-refractivity contribution >= 4 is 21.8 Å². The third kappa shape index (κ3) is 5.75. The van der Waals surface area contributed by atoms with Crippen LogP contribution in [-0.2, 0) is 21.5 Å². The summed E-state index contributed by atoms with van der Waals surface area (Å²) in [5.74, 6) is -0.450. The van der Waals surface area contributed by atoms with Crippen LogP contribution in [0.4, 0.5) is 5.69 Å². The van der Waals surface area contributed by atoms with Crippen molar-refractivity contribution in [1.29, 1.82) is 0 Å². The third-order valence-electron chi connectivity index (χ3n) is 5.06. The van der Waals surface area contributed by atoms with Crippen molar-refractivity contribution in [3.05, 3.63) is 29.8 Å². The van der Waals surface area contributed by atoms with E-state index >= 15 is 0 Å². The van der Waals surface area contributed by atoms with Gasteiger partial charge in [-0.3, -0.25) is 9.69 Å². The Morgan fingerprint density at radius 3 is 2.37 bits per heavy atom. The first-order chi connectivity index (χ1) is 12.8. The summed E-state index contributed by atoms with van der Waals surface area (Å²) >= 11 is 0. The van der Waals surface area contributed by atoms with Crippen LogP contribution in [-0.4, -0.2) is 68.1 Å². The largest absolute Gasteiger partial charge is 0.326 e. The fourth-order valence-electron chi connectivity index (χ4n) is 3.24. The van der Waals surface area contributed by atoms with Crippen molar-refractivity contribution in [2.24, 2.45) is 5.92 Å². The Morgan fingerprint density at radius 2 is 1.81 bits per heavy atom. The number of nitrogens with one attached hydrogen (secondary N) is 1. The van der Waals surface area contributed by atoms with Gasteiger partial charge in [-0.1, -0.05) is 26.0 Å². The van der Waals surface area contributed by atoms with Gasteiger partial charge in [0.15, 0.2) is 0 Å². The predicted molar refractivity (Wildman–Crippen MR) is 109 cm³/mol. The molecule has 0 saturated carbocycles. The van der Waals surface area contributed by atoms with Crippen molar-refractivity contribution in [3.63, 3.8) is 0 Å². The zero-order valence-electron chi connectivity index (χ0n) is 16.8. The van der Waals surface area contributed by atoms with Gasteiger partial charge in [0.1, 0.15) is 0 Å². The molecule has 1 amide bonds. The maximum Gasteiger partial charge on any atom is 0.281 e. The molecule has 1 aromatic rings. The number of piperidine rings is 1. The van der Waals surface area contributed by atoms with Crippen LogP contribution in [0.25, 0.3) is 0 Å². The van der Waals surface area contributed by atoms with Crippen LogP contribution in [0, 0.1) is 5.92 Å². The number of benzene rings is 1. The normalized spacial score (nSPS) is 18.8. The highest BCUT2D eigenvalue weighted by atomic mass is 32.2. The summed E-state index contributed by atoms with van der Waals surface area (Å²) in [6, 6.07) is 7.87. The molecule has 27 heavy (non-hydrogen) atoms. The molecule has 2 rings (SSSR count). The second-order valence-corrected chi connectivity index (χ2v) is 9.28. The second-order valence-electron chi connectivity index (χ2n) is 7.13. The van der Waals surface area contributed by atoms with Crippen LogP contribution in [0.1, 0.15) is 32.3 Å². The lowest BCUT2D eigenvalue weighted by molar-refractivity contribution is -0.120. The van der Waals surface area contributed by atoms with E-state index < -0.39 is 10.2 Å². The molecule has 1 N–H and O–H groups in total. The van der Waals surface area contributed by atoms with Crippen LogP contribution >= 0.6 is 0 Å². The minimum atomic E-state index is -3.48. The Bertz CT molecular complexity index is 715. The van der Waals surface area contributed by atoms with Crippen LogP contribution in [0.2, 0.25) is 0 Å². The third-order valence-corrected chi connectivity index (χ3v) is 6.97. The monoisotopic (exact) mass is 396 g/mol. The van der Waals surface area contributed by atoms with Crippen molar-refractivity contribution in [2.45, 2.75) is 33.2 Å². The topological polar surface area (TPSA) is 73.0 Å². The fourth-order valence-corrected chi connectivity index (χ4v) is 4.43. The van der Waals surface area contributed by atoms with E-state index in [4.69, 9.17) is 0 Å². The van der Waals surface area contributed by atoms with Crippen molar-refractivity contribution in [1.82, 2.24) is 13.5 Å². The standard InChI is InChI=1S/C19H32N4O3S/c1-5-22(6-2)14-16-9-11-18(12-10-16)20-19(24)17-8-7-13-23(15-17)27(25,26)21(3)4/h9-12,17H,5-8,13-15H2,1-4H3,(H,20,24)/t17-/m1/s1. The SMILES string of the molecule is CCN(CC)Cc1ccc(NC(=O)[C@@H]2CCCN(S(=O)(=O)N(C)C)C2)cc1. The van der Waals surface area contributed by atoms with Gasteiger partial charge in [-0.05, 0) is 43.6 Å². The molecule has 1 aliphatic heterocycles. The molecule has 1 saturated heterocycles. The Kier molecular flexibility index (Phi) is 7.79. The lowest BCUT2D eigenvalue weighted by atomic mass is 9.98. The number of carbonyl (C=O) groups excluding carboxylic acids is 1. The molecule has 1 atom stereocenters. The highest BCUT2D eigenvalue weighted by Gasteiger charge is 2.33. The highest BCUT2D eigenvalue weighted by molar-refractivity contribution is 7.86. The molecule has 7 nitrogen and oxygen atoms in total. The molecule has 0 aliphatic carbocycles. The zero-order chi connectivity index (χ0) is 20.0. The van der Waals surface area contributed by atoms with Crippen LogP contribution < -0.4 is 5.32 Å². The van der Waals surface area contributed by atoms with Crippen molar-refractivity contribution in [3.8, 4) is 0 Å². The molecular formula is C19H32N4O3S. The summed E-state index contributed by atoms with van der Waals surface area (Å²) in [6.45, 7) is 7.87. The molecule has 0 radical (unpaired) electrons. The van der Waals surface area contributed by atoms with E-state index in [0.717, 1.165) is 25.3 Å². The van der Waals surface area contributed by atoms with Gasteiger partial charge >= 0.3 is 0 Å². The second kappa shape index (κ2) is 9.64. The quantitative estimate of drug-likeness (QED) is 0.729. The number of amides is 1. The van der Waals surface area contributed by atoms with Gasteiger partial charge in [0.2, 0.25) is 5.91 Å². The summed E-state index contributed by atoms with van der Waals surface area (Å²) in [6.07, 6.45) is 1.39. The average Bonchev–Trinajstić information content (AvgIpc) is 2.67. The Labute approximate surface area is 163 Å². The first kappa shape index (κ1) is 21.8. The van der Waals surface area contributed by atoms with E-state index in [1.807, 2.05) is 24.3 Å². The average molecular weight is 397 g/mol. The molecule has 1 aliphatic rings. The number of rotatable bonds is 8. The highest BCUT2D eigenvalue weighted by Crippen LogP contribution is 2.22. The molecule has 0 bridgehead atoms. The first-order valence-corrected chi connectivity index (χ1v) is 11.0. The first-order valence-electron chi connectivity index (χ1n) is 9.57. The number of anilines is 1. The number of hydrogen-bond donors (Lipinski definition) is 1. The molecule has 0 unspecified atom stereocenters. The van der Waals surface area contributed by atoms with E-state index in [0.29, 0.717) is 19.4 Å². The lowest BCUT2D eigenvalue weighted by Gasteiger charge is -2.32. The molecule has 1 aromatic carbocycles. The summed E-state index contributed by atoms with van der Waals surface area (Å²) < 4.78 is 27.2. The van der Waals surface area contributed by atoms with E-state index in [2.05, 4.69) is 24.1 Å². The van der Waals surface area contributed by atoms with Crippen LogP contribution in [0.5, 0.6) is 0 Å². The van der Waals surface area contributed by atoms with Gasteiger partial charge in [-0.15, -0.1) is 0 Å². The minimum Gasteiger partial charge on any atom is -0.326 e. The van der Waals surface area contributed by atoms with Gasteiger partial charge < -0.3 is 5.32 Å². The number of nitrogens with zero attached hydrogens (tertiary/aromatic N) is 3. The molecule has 1 heterocycles. The number of hydrogen-bond acceptors (Lipinski definition) is 4. The maximum atomic E-state index is 12.6. The molecule has 1 fully saturated rings. The predicted octanol–water partition coefficient (Wildman–Crippen LogP) is 1.99. The molecular weight excluding hydrogens is 364 g/mol. The van der Waals surface area contributed by atoms with Gasteiger partial charge in [0.05, 0.1) is 5.92 Å². The summed E-state index contributed by atoms with van der Waals surface area (Å²) in [4.78, 5) is 14.9. The van der Waals surface area contributed by atoms with Crippen LogP contribution in [0.3, 0.4) is 0 Å². The summed E-state index contributed by atoms with van der Waals surface area (Å²) in [7, 11) is -0.454. The molecule has 152 valence electrons. The fraction of sp³-hybridized carbons (Fsp3) is 0.632. The van der Waals surface area contributed by atoms with E-state index in [9.17, 15) is 13.2 Å². The molecule has 0 spiro atoms.